The Kier molecular flexibility index (Phi) is 6.81. The number of methoxy groups -OCH3 is 1. The fraction of sp³-hybridized carbons (Fsp3) is 0.385. The molecule has 1 N–H and O–H groups in total. The van der Waals surface area contributed by atoms with E-state index in [1.807, 2.05) is 44.2 Å². The van der Waals surface area contributed by atoms with Gasteiger partial charge in [-0.2, -0.15) is 0 Å². The third-order valence-electron chi connectivity index (χ3n) is 6.38. The molecule has 2 aliphatic heterocycles. The summed E-state index contributed by atoms with van der Waals surface area (Å²) in [6, 6.07) is 12.3. The molecule has 0 bridgehead atoms. The summed E-state index contributed by atoms with van der Waals surface area (Å²) >= 11 is 0. The molecule has 1 unspecified atom stereocenters. The zero-order valence-corrected chi connectivity index (χ0v) is 19.3. The van der Waals surface area contributed by atoms with Crippen LogP contribution in [0.1, 0.15) is 28.3 Å². The number of likely N-dealkylation sites (tertiary alicyclic amines) is 1. The van der Waals surface area contributed by atoms with E-state index in [9.17, 15) is 14.7 Å². The van der Waals surface area contributed by atoms with E-state index in [0.717, 1.165) is 29.8 Å². The summed E-state index contributed by atoms with van der Waals surface area (Å²) in [5, 5.41) is 11.3. The molecule has 2 aromatic carbocycles. The number of benzene rings is 2. The third-order valence-corrected chi connectivity index (χ3v) is 6.38. The lowest BCUT2D eigenvalue weighted by molar-refractivity contribution is -0.140. The molecule has 2 saturated heterocycles. The van der Waals surface area contributed by atoms with Gasteiger partial charge in [0.25, 0.3) is 11.7 Å². The number of aliphatic hydroxyl groups excluding tert-OH is 1. The van der Waals surface area contributed by atoms with Crippen LogP contribution in [0, 0.1) is 13.8 Å². The van der Waals surface area contributed by atoms with Crippen molar-refractivity contribution in [2.24, 2.45) is 0 Å². The van der Waals surface area contributed by atoms with Crippen LogP contribution in [-0.2, 0) is 14.3 Å². The monoisotopic (exact) mass is 450 g/mol. The number of rotatable bonds is 6. The molecular formula is C26H30N2O5. The second-order valence-corrected chi connectivity index (χ2v) is 8.54. The number of aryl methyl sites for hydroxylation is 2. The van der Waals surface area contributed by atoms with E-state index in [1.54, 1.807) is 24.1 Å². The summed E-state index contributed by atoms with van der Waals surface area (Å²) in [4.78, 5) is 30.2. The summed E-state index contributed by atoms with van der Waals surface area (Å²) in [5.41, 5.74) is 3.25. The molecule has 2 aliphatic rings. The number of Topliss-reactive ketones (excluding diaryl/α,β-unsaturated/α-hetero) is 1. The Morgan fingerprint density at radius 2 is 1.76 bits per heavy atom. The molecule has 0 spiro atoms. The van der Waals surface area contributed by atoms with Crippen molar-refractivity contribution in [1.82, 2.24) is 9.80 Å². The van der Waals surface area contributed by atoms with Crippen LogP contribution in [0.4, 0.5) is 0 Å². The first-order chi connectivity index (χ1) is 15.9. The summed E-state index contributed by atoms with van der Waals surface area (Å²) in [6.45, 7) is 7.72. The lowest BCUT2D eigenvalue weighted by Crippen LogP contribution is -2.42. The molecule has 0 radical (unpaired) electrons. The van der Waals surface area contributed by atoms with E-state index in [4.69, 9.17) is 9.47 Å². The van der Waals surface area contributed by atoms with E-state index < -0.39 is 17.7 Å². The first-order valence-corrected chi connectivity index (χ1v) is 11.2. The van der Waals surface area contributed by atoms with Crippen LogP contribution in [0.15, 0.2) is 48.0 Å². The summed E-state index contributed by atoms with van der Waals surface area (Å²) in [7, 11) is 1.59. The molecule has 0 aromatic heterocycles. The van der Waals surface area contributed by atoms with Gasteiger partial charge in [-0.15, -0.1) is 0 Å². The maximum atomic E-state index is 13.2. The lowest BCUT2D eigenvalue weighted by Gasteiger charge is -2.31. The number of ketones is 1. The molecule has 1 amide bonds. The van der Waals surface area contributed by atoms with E-state index >= 15 is 0 Å². The van der Waals surface area contributed by atoms with Gasteiger partial charge in [0.05, 0.1) is 31.9 Å². The third kappa shape index (κ3) is 4.65. The predicted octanol–water partition coefficient (Wildman–Crippen LogP) is 3.07. The Morgan fingerprint density at radius 3 is 2.42 bits per heavy atom. The number of amides is 1. The molecule has 7 nitrogen and oxygen atoms in total. The van der Waals surface area contributed by atoms with Gasteiger partial charge in [-0.05, 0) is 43.2 Å². The zero-order valence-electron chi connectivity index (χ0n) is 19.3. The number of nitrogens with zero attached hydrogens (tertiary/aromatic N) is 2. The average molecular weight is 451 g/mol. The topological polar surface area (TPSA) is 79.3 Å². The van der Waals surface area contributed by atoms with Gasteiger partial charge < -0.3 is 19.5 Å². The Labute approximate surface area is 194 Å². The van der Waals surface area contributed by atoms with Crippen LogP contribution >= 0.6 is 0 Å². The van der Waals surface area contributed by atoms with E-state index in [2.05, 4.69) is 4.90 Å². The molecule has 0 aliphatic carbocycles. The molecule has 4 rings (SSSR count). The van der Waals surface area contributed by atoms with Crippen molar-refractivity contribution in [3.8, 4) is 5.75 Å². The van der Waals surface area contributed by atoms with Crippen molar-refractivity contribution >= 4 is 17.4 Å². The smallest absolute Gasteiger partial charge is 0.295 e. The SMILES string of the molecule is COc1ccc(C2/C(=C(\O)c3cc(C)ccc3C)C(=O)C(=O)N2CCN2CCOCC2)cc1. The minimum Gasteiger partial charge on any atom is -0.507 e. The van der Waals surface area contributed by atoms with Crippen molar-refractivity contribution in [3.63, 3.8) is 0 Å². The van der Waals surface area contributed by atoms with Gasteiger partial charge in [0.1, 0.15) is 11.5 Å². The minimum absolute atomic E-state index is 0.126. The molecule has 33 heavy (non-hydrogen) atoms. The van der Waals surface area contributed by atoms with Crippen LogP contribution in [-0.4, -0.2) is 73.1 Å². The minimum atomic E-state index is -0.670. The normalized spacial score (nSPS) is 20.9. The second-order valence-electron chi connectivity index (χ2n) is 8.54. The van der Waals surface area contributed by atoms with Crippen molar-refractivity contribution in [3.05, 3.63) is 70.3 Å². The van der Waals surface area contributed by atoms with Gasteiger partial charge >= 0.3 is 0 Å². The summed E-state index contributed by atoms with van der Waals surface area (Å²) in [5.74, 6) is -0.699. The van der Waals surface area contributed by atoms with Crippen molar-refractivity contribution in [1.29, 1.82) is 0 Å². The number of hydrogen-bond acceptors (Lipinski definition) is 6. The molecular weight excluding hydrogens is 420 g/mol. The summed E-state index contributed by atoms with van der Waals surface area (Å²) < 4.78 is 10.7. The van der Waals surface area contributed by atoms with Gasteiger partial charge in [-0.25, -0.2) is 0 Å². The number of morpholine rings is 1. The fourth-order valence-electron chi connectivity index (χ4n) is 4.45. The highest BCUT2D eigenvalue weighted by molar-refractivity contribution is 6.46. The van der Waals surface area contributed by atoms with E-state index in [-0.39, 0.29) is 11.3 Å². The number of carbonyl (C=O) groups is 2. The van der Waals surface area contributed by atoms with Gasteiger partial charge in [0.2, 0.25) is 0 Å². The molecule has 1 atom stereocenters. The lowest BCUT2D eigenvalue weighted by atomic mass is 9.93. The Bertz CT molecular complexity index is 1070. The molecule has 2 heterocycles. The highest BCUT2D eigenvalue weighted by Gasteiger charge is 2.46. The number of hydrogen-bond donors (Lipinski definition) is 1. The zero-order chi connectivity index (χ0) is 23.5. The van der Waals surface area contributed by atoms with Crippen LogP contribution in [0.2, 0.25) is 0 Å². The second kappa shape index (κ2) is 9.77. The molecule has 174 valence electrons. The van der Waals surface area contributed by atoms with Crippen LogP contribution in [0.3, 0.4) is 0 Å². The largest absolute Gasteiger partial charge is 0.507 e. The van der Waals surface area contributed by atoms with Crippen LogP contribution in [0.25, 0.3) is 5.76 Å². The highest BCUT2D eigenvalue weighted by atomic mass is 16.5. The van der Waals surface area contributed by atoms with Gasteiger partial charge in [0.15, 0.2) is 0 Å². The van der Waals surface area contributed by atoms with E-state index in [0.29, 0.717) is 37.6 Å². The van der Waals surface area contributed by atoms with Gasteiger partial charge in [0, 0.05) is 31.7 Å². The first kappa shape index (κ1) is 23.0. The van der Waals surface area contributed by atoms with Crippen molar-refractivity contribution in [2.75, 3.05) is 46.5 Å². The highest BCUT2D eigenvalue weighted by Crippen LogP contribution is 2.40. The van der Waals surface area contributed by atoms with Gasteiger partial charge in [-0.3, -0.25) is 14.5 Å². The Balaban J connectivity index is 1.76. The number of ether oxygens (including phenoxy) is 2. The Hall–Kier alpha value is -3.16. The van der Waals surface area contributed by atoms with Crippen molar-refractivity contribution < 1.29 is 24.2 Å². The maximum absolute atomic E-state index is 13.2. The van der Waals surface area contributed by atoms with Crippen LogP contribution < -0.4 is 4.74 Å². The average Bonchev–Trinajstić information content (AvgIpc) is 3.09. The molecule has 2 fully saturated rings. The molecule has 0 saturated carbocycles. The predicted molar refractivity (Wildman–Crippen MR) is 125 cm³/mol. The van der Waals surface area contributed by atoms with Crippen molar-refractivity contribution in [2.45, 2.75) is 19.9 Å². The molecule has 2 aromatic rings. The standard InChI is InChI=1S/C26H30N2O5/c1-17-4-5-18(2)21(16-17)24(29)22-23(19-6-8-20(32-3)9-7-19)28(26(31)25(22)30)11-10-27-12-14-33-15-13-27/h4-9,16,23,29H,10-15H2,1-3H3/b24-22+. The first-order valence-electron chi connectivity index (χ1n) is 11.2. The fourth-order valence-corrected chi connectivity index (χ4v) is 4.45. The Morgan fingerprint density at radius 1 is 1.06 bits per heavy atom. The maximum Gasteiger partial charge on any atom is 0.295 e. The molecule has 7 heteroatoms. The quantitative estimate of drug-likeness (QED) is 0.414. The summed E-state index contributed by atoms with van der Waals surface area (Å²) in [6.07, 6.45) is 0. The van der Waals surface area contributed by atoms with Crippen LogP contribution in [0.5, 0.6) is 5.75 Å². The van der Waals surface area contributed by atoms with E-state index in [1.165, 1.54) is 0 Å². The number of carbonyl (C=O) groups excluding carboxylic acids is 2. The number of aliphatic hydroxyl groups is 1. The van der Waals surface area contributed by atoms with Gasteiger partial charge in [-0.1, -0.05) is 29.8 Å².